The molecule has 0 unspecified atom stereocenters. The molecule has 0 N–H and O–H groups in total. The zero-order valence-electron chi connectivity index (χ0n) is 1.83. The molecule has 4 heteroatoms. The molecule has 0 aromatic rings. The van der Waals surface area contributed by atoms with Gasteiger partial charge in [0, 0.05) is 96.6 Å². The molecule has 0 saturated heterocycles. The molecule has 0 amide bonds. The summed E-state index contributed by atoms with van der Waals surface area (Å²) in [6.07, 6.45) is 0. The molecule has 0 aliphatic carbocycles. The Morgan fingerprint density at radius 3 is 1.00 bits per heavy atom. The van der Waals surface area contributed by atoms with Crippen LogP contribution in [0.1, 0.15) is 0 Å². The summed E-state index contributed by atoms with van der Waals surface area (Å²) < 4.78 is 0. The Hall–Kier alpha value is 3.23. The van der Waals surface area contributed by atoms with E-state index >= 15 is 0 Å². The van der Waals surface area contributed by atoms with Crippen molar-refractivity contribution in [3.8, 4) is 0 Å². The third-order valence-electron chi connectivity index (χ3n) is 0. The normalized spacial score (nSPS) is 0. The molecule has 4 heavy (non-hydrogen) atoms. The zero-order chi connectivity index (χ0) is 0. The summed E-state index contributed by atoms with van der Waals surface area (Å²) >= 11 is 0. The van der Waals surface area contributed by atoms with Gasteiger partial charge in [-0.1, -0.05) is 0 Å². The van der Waals surface area contributed by atoms with Gasteiger partial charge in [0.25, 0.3) is 0 Å². The van der Waals surface area contributed by atoms with E-state index < -0.39 is 0 Å². The SMILES string of the molecule is [Ag].[In].[Sb].[Sn]. The standard InChI is InChI=1S/Ag.In.Sb.Sn. The van der Waals surface area contributed by atoms with E-state index in [0.29, 0.717) is 0 Å². The number of hydrogen-bond donors (Lipinski definition) is 0. The average molecular weight is 463 g/mol. The molecule has 23 valence electrons. The van der Waals surface area contributed by atoms with Crippen molar-refractivity contribution in [1.29, 1.82) is 0 Å². The summed E-state index contributed by atoms with van der Waals surface area (Å²) in [5, 5.41) is 0. The summed E-state index contributed by atoms with van der Waals surface area (Å²) in [5.41, 5.74) is 0. The minimum atomic E-state index is 0. The molecule has 0 bridgehead atoms. The van der Waals surface area contributed by atoms with Crippen molar-refractivity contribution >= 4 is 74.2 Å². The topological polar surface area (TPSA) is 0 Å². The molecule has 0 heterocycles. The van der Waals surface area contributed by atoms with E-state index in [1.165, 1.54) is 0 Å². The second-order valence-corrected chi connectivity index (χ2v) is 0. The second kappa shape index (κ2) is 16.3. The van der Waals surface area contributed by atoms with Gasteiger partial charge in [-0.2, -0.15) is 0 Å². The van der Waals surface area contributed by atoms with Crippen molar-refractivity contribution < 1.29 is 22.4 Å². The van der Waals surface area contributed by atoms with E-state index in [0.717, 1.165) is 0 Å². The fourth-order valence-electron chi connectivity index (χ4n) is 0. The molecule has 0 aromatic heterocycles. The maximum absolute atomic E-state index is 0. The third-order valence-corrected chi connectivity index (χ3v) is 0. The molecule has 0 aliphatic heterocycles. The van der Waals surface area contributed by atoms with Crippen molar-refractivity contribution in [2.45, 2.75) is 0 Å². The first-order valence-corrected chi connectivity index (χ1v) is 0. The molecule has 0 spiro atoms. The van der Waals surface area contributed by atoms with Crippen molar-refractivity contribution in [1.82, 2.24) is 0 Å². The van der Waals surface area contributed by atoms with E-state index in [1.54, 1.807) is 0 Å². The van der Waals surface area contributed by atoms with Crippen molar-refractivity contribution in [2.24, 2.45) is 0 Å². The Bertz CT molecular complexity index is 8.00. The fraction of sp³-hybridized carbons (Fsp3) is 0. The minimum absolute atomic E-state index is 0. The Morgan fingerprint density at radius 1 is 1.00 bits per heavy atom. The average Bonchev–Trinajstić information content (AvgIpc) is 0. The molecule has 0 nitrogen and oxygen atoms in total. The van der Waals surface area contributed by atoms with Crippen LogP contribution in [0.25, 0.3) is 0 Å². The summed E-state index contributed by atoms with van der Waals surface area (Å²) in [4.78, 5) is 0. The Balaban J connectivity index is 0. The molecule has 0 fully saturated rings. The maximum atomic E-state index is 0. The van der Waals surface area contributed by atoms with Crippen LogP contribution >= 0.6 is 0 Å². The van der Waals surface area contributed by atoms with Gasteiger partial charge in [-0.15, -0.1) is 0 Å². The largest absolute Gasteiger partial charge is 0 e. The van der Waals surface area contributed by atoms with E-state index in [9.17, 15) is 0 Å². The fourth-order valence-corrected chi connectivity index (χ4v) is 0. The first kappa shape index (κ1) is 26.9. The van der Waals surface area contributed by atoms with Crippen LogP contribution in [-0.2, 0) is 22.4 Å². The molecule has 0 atom stereocenters. The van der Waals surface area contributed by atoms with E-state index in [4.69, 9.17) is 0 Å². The van der Waals surface area contributed by atoms with Crippen LogP contribution in [0.3, 0.4) is 0 Å². The van der Waals surface area contributed by atoms with E-state index in [1.807, 2.05) is 0 Å². The smallest absolute Gasteiger partial charge is 0 e. The van der Waals surface area contributed by atoms with Gasteiger partial charge in [0.2, 0.25) is 0 Å². The maximum Gasteiger partial charge on any atom is 0 e. The van der Waals surface area contributed by atoms with Crippen LogP contribution in [0.2, 0.25) is 0 Å². The van der Waals surface area contributed by atoms with Crippen LogP contribution < -0.4 is 0 Å². The van der Waals surface area contributed by atoms with Crippen molar-refractivity contribution in [2.75, 3.05) is 0 Å². The van der Waals surface area contributed by atoms with Gasteiger partial charge < -0.3 is 0 Å². The first-order chi connectivity index (χ1) is 0. The quantitative estimate of drug-likeness (QED) is 0.399. The van der Waals surface area contributed by atoms with Gasteiger partial charge in [-0.25, -0.2) is 0 Å². The van der Waals surface area contributed by atoms with E-state index in [2.05, 4.69) is 0 Å². The first-order valence-electron chi connectivity index (χ1n) is 0. The Labute approximate surface area is 94.6 Å². The predicted molar refractivity (Wildman–Crippen MR) is 17.3 cm³/mol. The third kappa shape index (κ3) is 8.97. The second-order valence-electron chi connectivity index (χ2n) is 0. The minimum Gasteiger partial charge on any atom is 0 e. The Morgan fingerprint density at radius 2 is 1.00 bits per heavy atom. The number of rotatable bonds is 0. The summed E-state index contributed by atoms with van der Waals surface area (Å²) in [6, 6.07) is 0. The molecule has 0 saturated carbocycles. The summed E-state index contributed by atoms with van der Waals surface area (Å²) in [7, 11) is 0. The van der Waals surface area contributed by atoms with Crippen LogP contribution in [0.15, 0.2) is 0 Å². The van der Waals surface area contributed by atoms with Gasteiger partial charge in [0.05, 0.1) is 0 Å². The van der Waals surface area contributed by atoms with Gasteiger partial charge >= 0.3 is 0 Å². The van der Waals surface area contributed by atoms with Gasteiger partial charge in [-0.3, -0.25) is 0 Å². The van der Waals surface area contributed by atoms with Crippen molar-refractivity contribution in [3.63, 3.8) is 0 Å². The van der Waals surface area contributed by atoms with Crippen LogP contribution in [-0.4, -0.2) is 74.2 Å². The van der Waals surface area contributed by atoms with Gasteiger partial charge in [-0.05, 0) is 0 Å². The van der Waals surface area contributed by atoms with Crippen molar-refractivity contribution in [3.05, 3.63) is 0 Å². The molecular weight excluding hydrogens is 463 g/mol. The molecule has 0 rings (SSSR count). The monoisotopic (exact) mass is 463 g/mol. The van der Waals surface area contributed by atoms with Gasteiger partial charge in [0.1, 0.15) is 0 Å². The van der Waals surface area contributed by atoms with E-state index in [-0.39, 0.29) is 96.6 Å². The summed E-state index contributed by atoms with van der Waals surface area (Å²) in [5.74, 6) is 0. The van der Waals surface area contributed by atoms with Crippen LogP contribution in [0.4, 0.5) is 0 Å². The number of hydrogen-bond acceptors (Lipinski definition) is 0. The molecule has 0 aromatic carbocycles. The molecule has 0 aliphatic rings. The van der Waals surface area contributed by atoms with Crippen LogP contribution in [0.5, 0.6) is 0 Å². The van der Waals surface area contributed by atoms with Crippen LogP contribution in [0, 0.1) is 0 Å². The Kier molecular flexibility index (Phi) is 110. The van der Waals surface area contributed by atoms with Gasteiger partial charge in [0.15, 0.2) is 0 Å². The summed E-state index contributed by atoms with van der Waals surface area (Å²) in [6.45, 7) is 0. The predicted octanol–water partition coefficient (Wildman–Crippen LogP) is -1.14. The zero-order valence-corrected chi connectivity index (χ0v) is 12.0. The molecular formula is AgInSbSn. The molecule has 11 radical (unpaired) electrons.